The second-order valence-electron chi connectivity index (χ2n) is 4.17. The molecule has 0 atom stereocenters. The molecule has 0 saturated heterocycles. The topological polar surface area (TPSA) is 127 Å². The monoisotopic (exact) mass is 303 g/mol. The Labute approximate surface area is 123 Å². The molecule has 0 radical (unpaired) electrons. The van der Waals surface area contributed by atoms with E-state index < -0.39 is 16.9 Å². The van der Waals surface area contributed by atoms with Gasteiger partial charge in [-0.3, -0.25) is 10.1 Å². The van der Waals surface area contributed by atoms with Gasteiger partial charge in [0, 0.05) is 12.1 Å². The van der Waals surface area contributed by atoms with E-state index >= 15 is 0 Å². The van der Waals surface area contributed by atoms with E-state index in [4.69, 9.17) is 14.9 Å². The van der Waals surface area contributed by atoms with Crippen molar-refractivity contribution in [2.24, 2.45) is 0 Å². The van der Waals surface area contributed by atoms with Crippen LogP contribution in [0.15, 0.2) is 42.5 Å². The molecule has 0 amide bonds. The van der Waals surface area contributed by atoms with Crippen LogP contribution in [0.2, 0.25) is 0 Å². The summed E-state index contributed by atoms with van der Waals surface area (Å²) in [6.07, 6.45) is 0. The first-order chi connectivity index (χ1) is 10.4. The average Bonchev–Trinajstić information content (AvgIpc) is 2.47. The zero-order valence-corrected chi connectivity index (χ0v) is 10.9. The molecule has 0 aliphatic rings. The number of benzene rings is 2. The van der Waals surface area contributed by atoms with Gasteiger partial charge >= 0.3 is 11.9 Å². The molecule has 0 unspecified atom stereocenters. The summed E-state index contributed by atoms with van der Waals surface area (Å²) in [5.74, 6) is -2.35. The number of hydrogen-bond acceptors (Lipinski definition) is 5. The fraction of sp³-hybridized carbons (Fsp3) is 0. The third-order valence-electron chi connectivity index (χ3n) is 2.73. The second kappa shape index (κ2) is 5.92. The van der Waals surface area contributed by atoms with Crippen LogP contribution in [0, 0.1) is 10.1 Å². The van der Waals surface area contributed by atoms with E-state index in [1.807, 2.05) is 0 Å². The van der Waals surface area contributed by atoms with Gasteiger partial charge in [-0.25, -0.2) is 9.59 Å². The van der Waals surface area contributed by atoms with Crippen molar-refractivity contribution >= 4 is 17.6 Å². The summed E-state index contributed by atoms with van der Waals surface area (Å²) in [5, 5.41) is 28.5. The number of carbonyl (C=O) groups is 2. The van der Waals surface area contributed by atoms with E-state index in [1.165, 1.54) is 30.3 Å². The Morgan fingerprint density at radius 2 is 1.64 bits per heavy atom. The second-order valence-corrected chi connectivity index (χ2v) is 4.17. The van der Waals surface area contributed by atoms with E-state index in [-0.39, 0.29) is 28.3 Å². The molecule has 2 aromatic rings. The number of non-ortho nitro benzene ring substituents is 1. The van der Waals surface area contributed by atoms with Gasteiger partial charge in [0.2, 0.25) is 0 Å². The summed E-state index contributed by atoms with van der Waals surface area (Å²) in [7, 11) is 0. The molecule has 0 bridgehead atoms. The number of carboxylic acids is 2. The van der Waals surface area contributed by atoms with Crippen LogP contribution in [0.5, 0.6) is 11.5 Å². The highest BCUT2D eigenvalue weighted by atomic mass is 16.6. The van der Waals surface area contributed by atoms with Gasteiger partial charge in [0.05, 0.1) is 10.5 Å². The fourth-order valence-corrected chi connectivity index (χ4v) is 1.68. The summed E-state index contributed by atoms with van der Waals surface area (Å²) in [5.41, 5.74) is -0.683. The van der Waals surface area contributed by atoms with Crippen LogP contribution in [0.1, 0.15) is 20.7 Å². The van der Waals surface area contributed by atoms with E-state index in [9.17, 15) is 19.7 Å². The zero-order chi connectivity index (χ0) is 16.3. The third kappa shape index (κ3) is 3.18. The molecule has 0 saturated carbocycles. The highest BCUT2D eigenvalue weighted by molar-refractivity contribution is 5.92. The summed E-state index contributed by atoms with van der Waals surface area (Å²) >= 11 is 0. The Morgan fingerprint density at radius 1 is 1.00 bits per heavy atom. The van der Waals surface area contributed by atoms with Crippen LogP contribution >= 0.6 is 0 Å². The molecule has 8 nitrogen and oxygen atoms in total. The van der Waals surface area contributed by atoms with Crippen molar-refractivity contribution in [1.29, 1.82) is 0 Å². The molecule has 0 heterocycles. The first-order valence-corrected chi connectivity index (χ1v) is 5.91. The maximum atomic E-state index is 11.1. The Hall–Kier alpha value is -3.42. The third-order valence-corrected chi connectivity index (χ3v) is 2.73. The van der Waals surface area contributed by atoms with E-state index in [2.05, 4.69) is 0 Å². The Bertz CT molecular complexity index is 752. The molecule has 0 aromatic heterocycles. The smallest absolute Gasteiger partial charge is 0.339 e. The van der Waals surface area contributed by atoms with Gasteiger partial charge < -0.3 is 14.9 Å². The number of ether oxygens (including phenoxy) is 1. The molecular formula is C14H9NO7. The predicted molar refractivity (Wildman–Crippen MR) is 73.5 cm³/mol. The first-order valence-electron chi connectivity index (χ1n) is 5.91. The van der Waals surface area contributed by atoms with Gasteiger partial charge in [0.25, 0.3) is 5.69 Å². The van der Waals surface area contributed by atoms with Gasteiger partial charge in [-0.15, -0.1) is 0 Å². The van der Waals surface area contributed by atoms with Crippen molar-refractivity contribution in [2.45, 2.75) is 0 Å². The van der Waals surface area contributed by atoms with Gasteiger partial charge in [-0.2, -0.15) is 0 Å². The lowest BCUT2D eigenvalue weighted by atomic mass is 10.1. The van der Waals surface area contributed by atoms with Gasteiger partial charge in [-0.05, 0) is 30.3 Å². The van der Waals surface area contributed by atoms with E-state index in [0.717, 1.165) is 12.1 Å². The maximum Gasteiger partial charge on any atom is 0.339 e. The van der Waals surface area contributed by atoms with Gasteiger partial charge in [-0.1, -0.05) is 0 Å². The molecule has 2 aromatic carbocycles. The maximum absolute atomic E-state index is 11.1. The number of nitro benzene ring substituents is 1. The summed E-state index contributed by atoms with van der Waals surface area (Å²) in [4.78, 5) is 31.8. The largest absolute Gasteiger partial charge is 0.478 e. The number of nitro groups is 1. The quantitative estimate of drug-likeness (QED) is 0.642. The molecule has 0 fully saturated rings. The van der Waals surface area contributed by atoms with Gasteiger partial charge in [0.15, 0.2) is 0 Å². The van der Waals surface area contributed by atoms with Crippen molar-refractivity contribution in [3.63, 3.8) is 0 Å². The Morgan fingerprint density at radius 3 is 2.14 bits per heavy atom. The van der Waals surface area contributed by atoms with Crippen molar-refractivity contribution in [2.75, 3.05) is 0 Å². The standard InChI is InChI=1S/C14H9NO7/c16-13(17)8-1-4-10(5-2-8)22-12-6-3-9(15(20)21)7-11(12)14(18)19/h1-7H,(H,16,17)(H,18,19). The number of rotatable bonds is 5. The lowest BCUT2D eigenvalue weighted by Crippen LogP contribution is -2.02. The highest BCUT2D eigenvalue weighted by Crippen LogP contribution is 2.29. The SMILES string of the molecule is O=C(O)c1ccc(Oc2ccc([N+](=O)[O-])cc2C(=O)O)cc1. The molecule has 0 aliphatic heterocycles. The molecule has 0 spiro atoms. The van der Waals surface area contributed by atoms with Crippen molar-refractivity contribution in [3.05, 3.63) is 63.7 Å². The number of nitrogens with zero attached hydrogens (tertiary/aromatic N) is 1. The lowest BCUT2D eigenvalue weighted by Gasteiger charge is -2.08. The van der Waals surface area contributed by atoms with Crippen molar-refractivity contribution < 1.29 is 29.5 Å². The highest BCUT2D eigenvalue weighted by Gasteiger charge is 2.17. The van der Waals surface area contributed by atoms with Crippen LogP contribution in [0.3, 0.4) is 0 Å². The number of hydrogen-bond donors (Lipinski definition) is 2. The number of carboxylic acid groups (broad SMARTS) is 2. The van der Waals surface area contributed by atoms with Crippen molar-refractivity contribution in [1.82, 2.24) is 0 Å². The minimum Gasteiger partial charge on any atom is -0.478 e. The summed E-state index contributed by atoms with van der Waals surface area (Å²) in [6.45, 7) is 0. The average molecular weight is 303 g/mol. The van der Waals surface area contributed by atoms with E-state index in [0.29, 0.717) is 0 Å². The van der Waals surface area contributed by atoms with Crippen LogP contribution in [-0.2, 0) is 0 Å². The minimum atomic E-state index is -1.37. The zero-order valence-electron chi connectivity index (χ0n) is 10.9. The number of aromatic carboxylic acids is 2. The minimum absolute atomic E-state index is 0.0505. The van der Waals surface area contributed by atoms with Gasteiger partial charge in [0.1, 0.15) is 17.1 Å². The van der Waals surface area contributed by atoms with Crippen LogP contribution in [0.4, 0.5) is 5.69 Å². The van der Waals surface area contributed by atoms with Crippen molar-refractivity contribution in [3.8, 4) is 11.5 Å². The predicted octanol–water partition coefficient (Wildman–Crippen LogP) is 2.78. The molecule has 112 valence electrons. The molecular weight excluding hydrogens is 294 g/mol. The normalized spacial score (nSPS) is 10.0. The molecule has 8 heteroatoms. The molecule has 2 rings (SSSR count). The molecule has 0 aliphatic carbocycles. The lowest BCUT2D eigenvalue weighted by molar-refractivity contribution is -0.384. The summed E-state index contributed by atoms with van der Waals surface area (Å²) in [6, 6.07) is 8.49. The van der Waals surface area contributed by atoms with Crippen LogP contribution in [0.25, 0.3) is 0 Å². The van der Waals surface area contributed by atoms with Crippen LogP contribution in [-0.4, -0.2) is 27.1 Å². The molecule has 2 N–H and O–H groups in total. The van der Waals surface area contributed by atoms with Crippen LogP contribution < -0.4 is 4.74 Å². The van der Waals surface area contributed by atoms with E-state index in [1.54, 1.807) is 0 Å². The molecule has 22 heavy (non-hydrogen) atoms. The summed E-state index contributed by atoms with van der Waals surface area (Å²) < 4.78 is 5.34. The Balaban J connectivity index is 2.34. The first kappa shape index (κ1) is 15.0. The Kier molecular flexibility index (Phi) is 4.03. The fourth-order valence-electron chi connectivity index (χ4n) is 1.68.